The zero-order valence-corrected chi connectivity index (χ0v) is 11.2. The van der Waals surface area contributed by atoms with E-state index in [1.165, 1.54) is 11.5 Å². The highest BCUT2D eigenvalue weighted by Gasteiger charge is 2.12. The molecule has 0 aliphatic rings. The Morgan fingerprint density at radius 3 is 2.78 bits per heavy atom. The summed E-state index contributed by atoms with van der Waals surface area (Å²) >= 11 is 1.34. The molecule has 0 spiro atoms. The predicted octanol–water partition coefficient (Wildman–Crippen LogP) is 2.64. The van der Waals surface area contributed by atoms with Crippen molar-refractivity contribution in [2.45, 2.75) is 25.8 Å². The number of rotatable bonds is 6. The van der Waals surface area contributed by atoms with Gasteiger partial charge in [0.15, 0.2) is 0 Å². The third-order valence-electron chi connectivity index (χ3n) is 2.62. The van der Waals surface area contributed by atoms with E-state index >= 15 is 0 Å². The Hall–Kier alpha value is -1.46. The van der Waals surface area contributed by atoms with Gasteiger partial charge in [0.05, 0.1) is 12.6 Å². The minimum atomic E-state index is -0.131. The number of anilines is 1. The third-order valence-corrected chi connectivity index (χ3v) is 3.31. The van der Waals surface area contributed by atoms with E-state index in [1.807, 2.05) is 30.3 Å². The molecule has 2 aromatic rings. The SMILES string of the molecule is CCCc1nsc(NC(CO)c2ccccc2)n1. The summed E-state index contributed by atoms with van der Waals surface area (Å²) in [5.74, 6) is 0.870. The number of nitrogens with zero attached hydrogens (tertiary/aromatic N) is 2. The first kappa shape index (κ1) is 13.0. The van der Waals surface area contributed by atoms with Gasteiger partial charge in [-0.25, -0.2) is 4.98 Å². The maximum atomic E-state index is 9.44. The van der Waals surface area contributed by atoms with Crippen molar-refractivity contribution in [1.29, 1.82) is 0 Å². The summed E-state index contributed by atoms with van der Waals surface area (Å²) < 4.78 is 4.27. The standard InChI is InChI=1S/C13H17N3OS/c1-2-6-12-15-13(18-16-12)14-11(9-17)10-7-4-3-5-8-10/h3-5,7-8,11,17H,2,6,9H2,1H3,(H,14,15,16). The predicted molar refractivity (Wildman–Crippen MR) is 73.8 cm³/mol. The van der Waals surface area contributed by atoms with Crippen LogP contribution in [0.3, 0.4) is 0 Å². The quantitative estimate of drug-likeness (QED) is 0.841. The average molecular weight is 263 g/mol. The van der Waals surface area contributed by atoms with Crippen molar-refractivity contribution < 1.29 is 5.11 Å². The number of aliphatic hydroxyl groups is 1. The lowest BCUT2D eigenvalue weighted by molar-refractivity contribution is 0.276. The number of aryl methyl sites for hydroxylation is 1. The van der Waals surface area contributed by atoms with Crippen LogP contribution in [-0.2, 0) is 6.42 Å². The molecule has 5 heteroatoms. The fourth-order valence-corrected chi connectivity index (χ4v) is 2.37. The molecule has 0 saturated heterocycles. The van der Waals surface area contributed by atoms with Gasteiger partial charge in [0.2, 0.25) is 5.13 Å². The summed E-state index contributed by atoms with van der Waals surface area (Å²) in [4.78, 5) is 4.40. The second kappa shape index (κ2) is 6.47. The van der Waals surface area contributed by atoms with E-state index in [-0.39, 0.29) is 12.6 Å². The van der Waals surface area contributed by atoms with Gasteiger partial charge in [-0.15, -0.1) is 0 Å². The first-order valence-corrected chi connectivity index (χ1v) is 6.85. The summed E-state index contributed by atoms with van der Waals surface area (Å²) in [6.45, 7) is 2.14. The Labute approximate surface area is 111 Å². The van der Waals surface area contributed by atoms with Crippen molar-refractivity contribution in [2.75, 3.05) is 11.9 Å². The van der Waals surface area contributed by atoms with E-state index in [0.717, 1.165) is 29.4 Å². The van der Waals surface area contributed by atoms with Crippen LogP contribution >= 0.6 is 11.5 Å². The van der Waals surface area contributed by atoms with Crippen molar-refractivity contribution in [3.63, 3.8) is 0 Å². The van der Waals surface area contributed by atoms with Gasteiger partial charge < -0.3 is 10.4 Å². The molecule has 0 amide bonds. The van der Waals surface area contributed by atoms with Gasteiger partial charge in [0, 0.05) is 18.0 Å². The molecule has 4 nitrogen and oxygen atoms in total. The minimum absolute atomic E-state index is 0.0344. The van der Waals surface area contributed by atoms with Gasteiger partial charge in [0.25, 0.3) is 0 Å². The Bertz CT molecular complexity index is 472. The molecule has 0 saturated carbocycles. The van der Waals surface area contributed by atoms with Crippen LogP contribution in [0.4, 0.5) is 5.13 Å². The number of aromatic nitrogens is 2. The number of aliphatic hydroxyl groups excluding tert-OH is 1. The van der Waals surface area contributed by atoms with E-state index in [1.54, 1.807) is 0 Å². The number of nitrogens with one attached hydrogen (secondary N) is 1. The molecular formula is C13H17N3OS. The van der Waals surface area contributed by atoms with Crippen LogP contribution in [0.2, 0.25) is 0 Å². The molecule has 1 unspecified atom stereocenters. The zero-order chi connectivity index (χ0) is 12.8. The maximum absolute atomic E-state index is 9.44. The average Bonchev–Trinajstić information content (AvgIpc) is 2.85. The second-order valence-electron chi connectivity index (χ2n) is 4.06. The molecule has 1 atom stereocenters. The summed E-state index contributed by atoms with van der Waals surface area (Å²) in [6.07, 6.45) is 1.94. The maximum Gasteiger partial charge on any atom is 0.203 e. The van der Waals surface area contributed by atoms with Crippen molar-refractivity contribution in [3.8, 4) is 0 Å². The van der Waals surface area contributed by atoms with E-state index in [4.69, 9.17) is 0 Å². The van der Waals surface area contributed by atoms with Gasteiger partial charge in [-0.1, -0.05) is 37.3 Å². The smallest absolute Gasteiger partial charge is 0.203 e. The molecular weight excluding hydrogens is 246 g/mol. The Morgan fingerprint density at radius 2 is 2.11 bits per heavy atom. The van der Waals surface area contributed by atoms with Gasteiger partial charge >= 0.3 is 0 Å². The monoisotopic (exact) mass is 263 g/mol. The van der Waals surface area contributed by atoms with E-state index < -0.39 is 0 Å². The van der Waals surface area contributed by atoms with Crippen molar-refractivity contribution in [2.24, 2.45) is 0 Å². The molecule has 96 valence electrons. The lowest BCUT2D eigenvalue weighted by atomic mass is 10.1. The molecule has 0 aliphatic heterocycles. The Balaban J connectivity index is 2.06. The molecule has 1 heterocycles. The van der Waals surface area contributed by atoms with Crippen LogP contribution in [0.25, 0.3) is 0 Å². The molecule has 18 heavy (non-hydrogen) atoms. The van der Waals surface area contributed by atoms with Crippen molar-refractivity contribution in [1.82, 2.24) is 9.36 Å². The fraction of sp³-hybridized carbons (Fsp3) is 0.385. The summed E-state index contributed by atoms with van der Waals surface area (Å²) in [7, 11) is 0. The first-order chi connectivity index (χ1) is 8.83. The lowest BCUT2D eigenvalue weighted by Gasteiger charge is -2.15. The normalized spacial score (nSPS) is 12.3. The molecule has 1 aromatic carbocycles. The van der Waals surface area contributed by atoms with Crippen LogP contribution in [0.15, 0.2) is 30.3 Å². The van der Waals surface area contributed by atoms with E-state index in [2.05, 4.69) is 21.6 Å². The highest BCUT2D eigenvalue weighted by molar-refractivity contribution is 7.09. The minimum Gasteiger partial charge on any atom is -0.394 e. The second-order valence-corrected chi connectivity index (χ2v) is 4.81. The Kier molecular flexibility index (Phi) is 4.66. The van der Waals surface area contributed by atoms with Gasteiger partial charge in [-0.2, -0.15) is 4.37 Å². The van der Waals surface area contributed by atoms with E-state index in [0.29, 0.717) is 0 Å². The third kappa shape index (κ3) is 3.27. The zero-order valence-electron chi connectivity index (χ0n) is 10.3. The van der Waals surface area contributed by atoms with Crippen LogP contribution in [0.1, 0.15) is 30.8 Å². The number of hydrogen-bond donors (Lipinski definition) is 2. The molecule has 2 N–H and O–H groups in total. The largest absolute Gasteiger partial charge is 0.394 e. The molecule has 1 aromatic heterocycles. The first-order valence-electron chi connectivity index (χ1n) is 6.08. The van der Waals surface area contributed by atoms with Crippen LogP contribution < -0.4 is 5.32 Å². The fourth-order valence-electron chi connectivity index (χ4n) is 1.71. The number of benzene rings is 1. The molecule has 0 bridgehead atoms. The topological polar surface area (TPSA) is 58.0 Å². The Morgan fingerprint density at radius 1 is 1.33 bits per heavy atom. The van der Waals surface area contributed by atoms with Crippen molar-refractivity contribution in [3.05, 3.63) is 41.7 Å². The summed E-state index contributed by atoms with van der Waals surface area (Å²) in [5.41, 5.74) is 1.05. The summed E-state index contributed by atoms with van der Waals surface area (Å²) in [5, 5.41) is 13.4. The van der Waals surface area contributed by atoms with Crippen LogP contribution in [-0.4, -0.2) is 21.1 Å². The summed E-state index contributed by atoms with van der Waals surface area (Å²) in [6, 6.07) is 9.73. The van der Waals surface area contributed by atoms with Gasteiger partial charge in [-0.3, -0.25) is 0 Å². The highest BCUT2D eigenvalue weighted by atomic mass is 32.1. The number of hydrogen-bond acceptors (Lipinski definition) is 5. The van der Waals surface area contributed by atoms with Crippen molar-refractivity contribution >= 4 is 16.7 Å². The van der Waals surface area contributed by atoms with Crippen LogP contribution in [0, 0.1) is 0 Å². The van der Waals surface area contributed by atoms with Gasteiger partial charge in [0.1, 0.15) is 5.82 Å². The molecule has 2 rings (SSSR count). The molecule has 0 fully saturated rings. The lowest BCUT2D eigenvalue weighted by Crippen LogP contribution is -2.14. The molecule has 0 aliphatic carbocycles. The van der Waals surface area contributed by atoms with Crippen LogP contribution in [0.5, 0.6) is 0 Å². The van der Waals surface area contributed by atoms with E-state index in [9.17, 15) is 5.11 Å². The molecule has 0 radical (unpaired) electrons. The van der Waals surface area contributed by atoms with Gasteiger partial charge in [-0.05, 0) is 12.0 Å². The highest BCUT2D eigenvalue weighted by Crippen LogP contribution is 2.20.